The molecule has 9 heteroatoms. The molecular formula is C34H39NO8. The van der Waals surface area contributed by atoms with Crippen LogP contribution in [0.4, 0.5) is 0 Å². The van der Waals surface area contributed by atoms with Gasteiger partial charge >= 0.3 is 11.9 Å². The number of amides is 1. The van der Waals surface area contributed by atoms with Crippen molar-refractivity contribution in [2.24, 2.45) is 5.92 Å². The number of methoxy groups -OCH3 is 1. The number of unbranched alkanes of at least 4 members (excludes halogenated alkanes) is 1. The number of hydrogen-bond donors (Lipinski definition) is 3. The van der Waals surface area contributed by atoms with E-state index in [1.54, 1.807) is 84.9 Å². The van der Waals surface area contributed by atoms with Crippen molar-refractivity contribution >= 4 is 17.8 Å². The molecule has 0 heterocycles. The molecule has 3 aromatic rings. The van der Waals surface area contributed by atoms with Crippen molar-refractivity contribution in [3.05, 3.63) is 108 Å². The molecule has 0 fully saturated rings. The van der Waals surface area contributed by atoms with Gasteiger partial charge in [-0.05, 0) is 53.7 Å². The summed E-state index contributed by atoms with van der Waals surface area (Å²) in [5, 5.41) is 23.4. The Morgan fingerprint density at radius 3 is 2.02 bits per heavy atom. The van der Waals surface area contributed by atoms with Gasteiger partial charge in [0.25, 0.3) is 0 Å². The Kier molecular flexibility index (Phi) is 12.9. The Bertz CT molecular complexity index is 1360. The predicted octanol–water partition coefficient (Wildman–Crippen LogP) is 4.98. The van der Waals surface area contributed by atoms with Crippen LogP contribution in [0.3, 0.4) is 0 Å². The highest BCUT2D eigenvalue weighted by molar-refractivity contribution is 5.79. The first-order chi connectivity index (χ1) is 20.7. The van der Waals surface area contributed by atoms with Gasteiger partial charge in [-0.25, -0.2) is 9.59 Å². The third kappa shape index (κ3) is 10.4. The van der Waals surface area contributed by atoms with E-state index < -0.39 is 30.3 Å². The van der Waals surface area contributed by atoms with E-state index in [1.165, 1.54) is 7.11 Å². The summed E-state index contributed by atoms with van der Waals surface area (Å²) in [6.07, 6.45) is 1.88. The fourth-order valence-electron chi connectivity index (χ4n) is 4.11. The van der Waals surface area contributed by atoms with E-state index in [-0.39, 0.29) is 24.1 Å². The van der Waals surface area contributed by atoms with Gasteiger partial charge in [0.1, 0.15) is 6.10 Å². The van der Waals surface area contributed by atoms with Gasteiger partial charge in [0.2, 0.25) is 5.91 Å². The molecule has 9 nitrogen and oxygen atoms in total. The molecule has 0 spiro atoms. The Hall–Kier alpha value is -4.47. The van der Waals surface area contributed by atoms with Crippen molar-refractivity contribution in [1.82, 2.24) is 5.32 Å². The van der Waals surface area contributed by atoms with Crippen molar-refractivity contribution in [3.63, 3.8) is 0 Å². The minimum absolute atomic E-state index is 0.00676. The van der Waals surface area contributed by atoms with Crippen LogP contribution in [0.2, 0.25) is 0 Å². The second kappa shape index (κ2) is 16.8. The Balaban J connectivity index is 1.42. The summed E-state index contributed by atoms with van der Waals surface area (Å²) in [4.78, 5) is 37.2. The van der Waals surface area contributed by atoms with E-state index in [0.717, 1.165) is 5.56 Å². The van der Waals surface area contributed by atoms with E-state index in [9.17, 15) is 24.6 Å². The minimum atomic E-state index is -1.43. The first-order valence-electron chi connectivity index (χ1n) is 14.2. The van der Waals surface area contributed by atoms with Crippen molar-refractivity contribution in [2.45, 2.75) is 58.0 Å². The smallest absolute Gasteiger partial charge is 0.345 e. The summed E-state index contributed by atoms with van der Waals surface area (Å²) in [5.74, 6) is -1.21. The predicted molar refractivity (Wildman–Crippen MR) is 161 cm³/mol. The van der Waals surface area contributed by atoms with E-state index in [1.807, 2.05) is 19.9 Å². The standard InChI is InChI=1S/C34H39NO8/c1-23(2)27(42-33(39)31(37)25-13-7-4-8-14-25)17-11-6-12-18-30(36)35-22-24-19-20-28(29(21-24)41-3)43-34(40)32(38)26-15-9-5-10-16-26/h4-5,7-11,13-17,19-21,23,27,31-32,37-38H,6,12,18,22H2,1-3H3,(H,35,36)/b17-11+/t27-,31-,32-/m0/s1. The molecule has 0 aliphatic rings. The highest BCUT2D eigenvalue weighted by atomic mass is 16.6. The first kappa shape index (κ1) is 33.0. The molecular weight excluding hydrogens is 550 g/mol. The molecule has 0 radical (unpaired) electrons. The zero-order valence-electron chi connectivity index (χ0n) is 24.6. The average Bonchev–Trinajstić information content (AvgIpc) is 3.03. The van der Waals surface area contributed by atoms with Gasteiger partial charge < -0.3 is 29.7 Å². The molecule has 43 heavy (non-hydrogen) atoms. The number of carbonyl (C=O) groups excluding carboxylic acids is 3. The number of benzene rings is 3. The molecule has 0 aromatic heterocycles. The Morgan fingerprint density at radius 1 is 0.837 bits per heavy atom. The molecule has 228 valence electrons. The second-order valence-corrected chi connectivity index (χ2v) is 10.3. The van der Waals surface area contributed by atoms with Crippen LogP contribution in [0.5, 0.6) is 11.5 Å². The van der Waals surface area contributed by atoms with Crippen molar-refractivity contribution in [2.75, 3.05) is 7.11 Å². The highest BCUT2D eigenvalue weighted by Crippen LogP contribution is 2.29. The van der Waals surface area contributed by atoms with Gasteiger partial charge in [-0.3, -0.25) is 4.79 Å². The lowest BCUT2D eigenvalue weighted by Gasteiger charge is -2.20. The molecule has 3 rings (SSSR count). The molecule has 1 amide bonds. The van der Waals surface area contributed by atoms with Gasteiger partial charge in [-0.15, -0.1) is 0 Å². The van der Waals surface area contributed by atoms with Gasteiger partial charge in [0.15, 0.2) is 23.7 Å². The largest absolute Gasteiger partial charge is 0.493 e. The van der Waals surface area contributed by atoms with Crippen LogP contribution >= 0.6 is 0 Å². The fourth-order valence-corrected chi connectivity index (χ4v) is 4.11. The van der Waals surface area contributed by atoms with Gasteiger partial charge in [-0.1, -0.05) is 86.7 Å². The normalized spacial score (nSPS) is 13.3. The number of allylic oxidation sites excluding steroid dienone is 1. The maximum atomic E-state index is 12.4. The molecule has 0 aliphatic heterocycles. The quantitative estimate of drug-likeness (QED) is 0.0979. The van der Waals surface area contributed by atoms with Crippen LogP contribution < -0.4 is 14.8 Å². The van der Waals surface area contributed by atoms with Crippen molar-refractivity contribution in [3.8, 4) is 11.5 Å². The van der Waals surface area contributed by atoms with Gasteiger partial charge in [0, 0.05) is 13.0 Å². The lowest BCUT2D eigenvalue weighted by Crippen LogP contribution is -2.25. The van der Waals surface area contributed by atoms with Crippen LogP contribution in [-0.2, 0) is 25.7 Å². The maximum Gasteiger partial charge on any atom is 0.345 e. The molecule has 0 bridgehead atoms. The monoisotopic (exact) mass is 589 g/mol. The summed E-state index contributed by atoms with van der Waals surface area (Å²) < 4.78 is 16.2. The number of hydrogen-bond acceptors (Lipinski definition) is 8. The van der Waals surface area contributed by atoms with Crippen molar-refractivity contribution < 1.29 is 38.8 Å². The number of aliphatic hydroxyl groups is 2. The molecule has 0 saturated carbocycles. The van der Waals surface area contributed by atoms with Crippen LogP contribution in [0.1, 0.15) is 62.0 Å². The maximum absolute atomic E-state index is 12.4. The van der Waals surface area contributed by atoms with Crippen LogP contribution in [0, 0.1) is 5.92 Å². The molecule has 0 aliphatic carbocycles. The average molecular weight is 590 g/mol. The van der Waals surface area contributed by atoms with E-state index in [2.05, 4.69) is 5.32 Å². The Labute approximate surface area is 252 Å². The topological polar surface area (TPSA) is 131 Å². The number of esters is 2. The molecule has 3 atom stereocenters. The summed E-state index contributed by atoms with van der Waals surface area (Å²) in [5.41, 5.74) is 1.64. The van der Waals surface area contributed by atoms with Crippen LogP contribution in [0.15, 0.2) is 91.0 Å². The third-order valence-electron chi connectivity index (χ3n) is 6.62. The number of rotatable bonds is 15. The highest BCUT2D eigenvalue weighted by Gasteiger charge is 2.24. The van der Waals surface area contributed by atoms with E-state index in [0.29, 0.717) is 36.1 Å². The first-order valence-corrected chi connectivity index (χ1v) is 14.2. The SMILES string of the molecule is COc1cc(CNC(=O)CCC/C=C/[C@H](OC(=O)[C@@H](O)c2ccccc2)C(C)C)ccc1OC(=O)[C@@H](O)c1ccccc1. The zero-order valence-corrected chi connectivity index (χ0v) is 24.6. The molecule has 3 aromatic carbocycles. The summed E-state index contributed by atoms with van der Waals surface area (Å²) in [6, 6.07) is 22.0. The molecule has 3 N–H and O–H groups in total. The van der Waals surface area contributed by atoms with Crippen molar-refractivity contribution in [1.29, 1.82) is 0 Å². The third-order valence-corrected chi connectivity index (χ3v) is 6.62. The molecule has 0 unspecified atom stereocenters. The van der Waals surface area contributed by atoms with Crippen LogP contribution in [0.25, 0.3) is 0 Å². The Morgan fingerprint density at radius 2 is 1.44 bits per heavy atom. The minimum Gasteiger partial charge on any atom is -0.493 e. The lowest BCUT2D eigenvalue weighted by molar-refractivity contribution is -0.159. The number of ether oxygens (including phenoxy) is 3. The summed E-state index contributed by atoms with van der Waals surface area (Å²) in [7, 11) is 1.44. The number of nitrogens with one attached hydrogen (secondary N) is 1. The summed E-state index contributed by atoms with van der Waals surface area (Å²) in [6.45, 7) is 4.09. The van der Waals surface area contributed by atoms with Crippen LogP contribution in [-0.4, -0.2) is 41.3 Å². The zero-order chi connectivity index (χ0) is 31.2. The lowest BCUT2D eigenvalue weighted by atomic mass is 10.1. The number of carbonyl (C=O) groups is 3. The van der Waals surface area contributed by atoms with Gasteiger partial charge in [0.05, 0.1) is 7.11 Å². The van der Waals surface area contributed by atoms with Gasteiger partial charge in [-0.2, -0.15) is 0 Å². The summed E-state index contributed by atoms with van der Waals surface area (Å²) >= 11 is 0. The van der Waals surface area contributed by atoms with E-state index in [4.69, 9.17) is 14.2 Å². The second-order valence-electron chi connectivity index (χ2n) is 10.3. The van der Waals surface area contributed by atoms with E-state index >= 15 is 0 Å². The fraction of sp³-hybridized carbons (Fsp3) is 0.324. The molecule has 0 saturated heterocycles. The number of aliphatic hydroxyl groups excluding tert-OH is 2.